The van der Waals surface area contributed by atoms with E-state index >= 15 is 0 Å². The van der Waals surface area contributed by atoms with E-state index in [1.54, 1.807) is 0 Å². The molecule has 0 aromatic heterocycles. The van der Waals surface area contributed by atoms with Gasteiger partial charge >= 0.3 is 12.6 Å². The lowest BCUT2D eigenvalue weighted by Crippen LogP contribution is -2.17. The van der Waals surface area contributed by atoms with E-state index in [1.807, 2.05) is 0 Å². The Hall–Kier alpha value is -1.69. The molecule has 1 rings (SSSR count). The molecule has 0 saturated carbocycles. The molecule has 1 aromatic rings. The van der Waals surface area contributed by atoms with Gasteiger partial charge in [0.15, 0.2) is 6.10 Å². The number of ether oxygens (including phenoxy) is 1. The van der Waals surface area contributed by atoms with Crippen LogP contribution in [0.3, 0.4) is 0 Å². The third kappa shape index (κ3) is 3.17. The van der Waals surface area contributed by atoms with Gasteiger partial charge in [0, 0.05) is 0 Å². The Morgan fingerprint density at radius 3 is 2.53 bits per heavy atom. The highest BCUT2D eigenvalue weighted by atomic mass is 19.3. The van der Waals surface area contributed by atoms with E-state index in [0.717, 1.165) is 6.07 Å². The van der Waals surface area contributed by atoms with Crippen molar-refractivity contribution in [2.24, 2.45) is 0 Å². The van der Waals surface area contributed by atoms with E-state index in [1.165, 1.54) is 18.2 Å². The number of phenols is 1. The zero-order valence-corrected chi connectivity index (χ0v) is 7.43. The molecule has 15 heavy (non-hydrogen) atoms. The number of rotatable bonds is 4. The summed E-state index contributed by atoms with van der Waals surface area (Å²) < 4.78 is 27.7. The van der Waals surface area contributed by atoms with Crippen LogP contribution in [-0.4, -0.2) is 22.8 Å². The first-order valence-electron chi connectivity index (χ1n) is 3.96. The molecule has 0 fully saturated rings. The van der Waals surface area contributed by atoms with E-state index in [-0.39, 0.29) is 11.3 Å². The van der Waals surface area contributed by atoms with Crippen LogP contribution in [0.2, 0.25) is 0 Å². The maximum Gasteiger partial charge on any atom is 0.346 e. The molecule has 0 amide bonds. The number of benzene rings is 1. The van der Waals surface area contributed by atoms with Crippen LogP contribution in [-0.2, 0) is 9.53 Å². The lowest BCUT2D eigenvalue weighted by molar-refractivity contribution is -0.188. The summed E-state index contributed by atoms with van der Waals surface area (Å²) >= 11 is 0. The molecule has 1 unspecified atom stereocenters. The predicted molar refractivity (Wildman–Crippen MR) is 45.6 cm³/mol. The maximum atomic E-state index is 11.9. The van der Waals surface area contributed by atoms with Gasteiger partial charge in [0.2, 0.25) is 0 Å². The number of carboxylic acid groups (broad SMARTS) is 1. The van der Waals surface area contributed by atoms with Crippen molar-refractivity contribution in [3.8, 4) is 5.75 Å². The van der Waals surface area contributed by atoms with E-state index in [4.69, 9.17) is 10.2 Å². The van der Waals surface area contributed by atoms with Crippen LogP contribution in [0.15, 0.2) is 24.3 Å². The highest BCUT2D eigenvalue weighted by molar-refractivity contribution is 5.74. The highest BCUT2D eigenvalue weighted by Gasteiger charge is 2.24. The normalized spacial score (nSPS) is 12.7. The van der Waals surface area contributed by atoms with Crippen molar-refractivity contribution in [1.82, 2.24) is 0 Å². The van der Waals surface area contributed by atoms with Gasteiger partial charge in [-0.1, -0.05) is 12.1 Å². The van der Waals surface area contributed by atoms with Crippen molar-refractivity contribution in [2.45, 2.75) is 12.7 Å². The molecule has 0 aliphatic rings. The first-order chi connectivity index (χ1) is 7.00. The second-order valence-corrected chi connectivity index (χ2v) is 2.71. The monoisotopic (exact) mass is 218 g/mol. The number of aliphatic carboxylic acids is 1. The fraction of sp³-hybridized carbons (Fsp3) is 0.222. The van der Waals surface area contributed by atoms with Gasteiger partial charge in [-0.3, -0.25) is 0 Å². The standard InChI is InChI=1S/C9H8F2O4/c10-9(11)15-7(8(13)14)5-2-1-3-6(12)4-5/h1-4,7,9,12H,(H,13,14). The van der Waals surface area contributed by atoms with Gasteiger partial charge < -0.3 is 14.9 Å². The quantitative estimate of drug-likeness (QED) is 0.807. The second kappa shape index (κ2) is 4.70. The van der Waals surface area contributed by atoms with Gasteiger partial charge in [0.05, 0.1) is 0 Å². The fourth-order valence-electron chi connectivity index (χ4n) is 1.07. The maximum absolute atomic E-state index is 11.9. The number of hydrogen-bond acceptors (Lipinski definition) is 3. The van der Waals surface area contributed by atoms with Crippen molar-refractivity contribution in [1.29, 1.82) is 0 Å². The summed E-state index contributed by atoms with van der Waals surface area (Å²) in [5, 5.41) is 17.7. The molecule has 0 heterocycles. The Bertz CT molecular complexity index is 354. The average Bonchev–Trinajstić information content (AvgIpc) is 2.13. The van der Waals surface area contributed by atoms with Gasteiger partial charge in [-0.15, -0.1) is 0 Å². The molecule has 6 heteroatoms. The number of phenolic OH excluding ortho intramolecular Hbond substituents is 1. The molecule has 82 valence electrons. The number of carboxylic acids is 1. The van der Waals surface area contributed by atoms with Gasteiger partial charge in [0.1, 0.15) is 5.75 Å². The molecule has 0 radical (unpaired) electrons. The van der Waals surface area contributed by atoms with Crippen LogP contribution in [0.25, 0.3) is 0 Å². The van der Waals surface area contributed by atoms with Crippen molar-refractivity contribution >= 4 is 5.97 Å². The highest BCUT2D eigenvalue weighted by Crippen LogP contribution is 2.23. The lowest BCUT2D eigenvalue weighted by Gasteiger charge is -2.13. The van der Waals surface area contributed by atoms with Crippen LogP contribution < -0.4 is 0 Å². The predicted octanol–water partition coefficient (Wildman–Crippen LogP) is 1.76. The Balaban J connectivity index is 2.94. The Morgan fingerprint density at radius 2 is 2.07 bits per heavy atom. The van der Waals surface area contributed by atoms with E-state index in [0.29, 0.717) is 0 Å². The summed E-state index contributed by atoms with van der Waals surface area (Å²) in [6, 6.07) is 4.97. The van der Waals surface area contributed by atoms with Crippen molar-refractivity contribution in [3.63, 3.8) is 0 Å². The van der Waals surface area contributed by atoms with Gasteiger partial charge in [-0.05, 0) is 17.7 Å². The number of aromatic hydroxyl groups is 1. The molecule has 0 aliphatic carbocycles. The fourth-order valence-corrected chi connectivity index (χ4v) is 1.07. The van der Waals surface area contributed by atoms with Gasteiger partial charge in [-0.25, -0.2) is 4.79 Å². The van der Waals surface area contributed by atoms with Crippen LogP contribution in [0.1, 0.15) is 11.7 Å². The van der Waals surface area contributed by atoms with Crippen LogP contribution in [0, 0.1) is 0 Å². The molecule has 1 atom stereocenters. The molecular formula is C9H8F2O4. The number of halogens is 2. The van der Waals surface area contributed by atoms with Crippen molar-refractivity contribution in [2.75, 3.05) is 0 Å². The smallest absolute Gasteiger partial charge is 0.346 e. The van der Waals surface area contributed by atoms with Crippen LogP contribution in [0.4, 0.5) is 8.78 Å². The summed E-state index contributed by atoms with van der Waals surface area (Å²) in [5.74, 6) is -1.75. The Morgan fingerprint density at radius 1 is 1.40 bits per heavy atom. The summed E-state index contributed by atoms with van der Waals surface area (Å²) in [7, 11) is 0. The van der Waals surface area contributed by atoms with Crippen molar-refractivity contribution in [3.05, 3.63) is 29.8 Å². The first kappa shape index (κ1) is 11.4. The molecule has 0 spiro atoms. The molecule has 0 bridgehead atoms. The topological polar surface area (TPSA) is 66.8 Å². The number of hydrogen-bond donors (Lipinski definition) is 2. The van der Waals surface area contributed by atoms with Gasteiger partial charge in [-0.2, -0.15) is 8.78 Å². The van der Waals surface area contributed by atoms with E-state index < -0.39 is 18.7 Å². The number of carbonyl (C=O) groups is 1. The minimum atomic E-state index is -3.19. The Labute approximate surface area is 83.7 Å². The molecule has 1 aromatic carbocycles. The minimum Gasteiger partial charge on any atom is -0.508 e. The minimum absolute atomic E-state index is 0.0391. The second-order valence-electron chi connectivity index (χ2n) is 2.71. The summed E-state index contributed by atoms with van der Waals surface area (Å²) in [4.78, 5) is 10.6. The SMILES string of the molecule is O=C(O)C(OC(F)F)c1cccc(O)c1. The molecule has 4 nitrogen and oxygen atoms in total. The largest absolute Gasteiger partial charge is 0.508 e. The Kier molecular flexibility index (Phi) is 3.56. The lowest BCUT2D eigenvalue weighted by atomic mass is 10.1. The van der Waals surface area contributed by atoms with E-state index in [2.05, 4.69) is 4.74 Å². The summed E-state index contributed by atoms with van der Waals surface area (Å²) in [6.45, 7) is -3.19. The van der Waals surface area contributed by atoms with Gasteiger partial charge in [0.25, 0.3) is 0 Å². The van der Waals surface area contributed by atoms with Crippen LogP contribution >= 0.6 is 0 Å². The third-order valence-corrected chi connectivity index (χ3v) is 1.64. The molecule has 2 N–H and O–H groups in total. The molecule has 0 saturated heterocycles. The van der Waals surface area contributed by atoms with Crippen molar-refractivity contribution < 1.29 is 28.5 Å². The zero-order chi connectivity index (χ0) is 11.4. The third-order valence-electron chi connectivity index (χ3n) is 1.64. The summed E-state index contributed by atoms with van der Waals surface area (Å²) in [6.07, 6.45) is -1.78. The molecular weight excluding hydrogens is 210 g/mol. The van der Waals surface area contributed by atoms with Crippen LogP contribution in [0.5, 0.6) is 5.75 Å². The first-order valence-corrected chi connectivity index (χ1v) is 3.96. The summed E-state index contributed by atoms with van der Waals surface area (Å²) in [5.41, 5.74) is -0.0391. The average molecular weight is 218 g/mol. The number of alkyl halides is 2. The zero-order valence-electron chi connectivity index (χ0n) is 7.43. The van der Waals surface area contributed by atoms with E-state index in [9.17, 15) is 13.6 Å². The molecule has 0 aliphatic heterocycles.